The average molecular weight is 348 g/mol. The standard InChI is InChI=1S/C18H24N2O3S/c1-12(13-7-5-6-8-15(13)23-4)19(3)17(22)14-11-24-18(2)10-9-16(21)20(14)18/h5-8,12,14H,9-11H2,1-4H3. The maximum Gasteiger partial charge on any atom is 0.246 e. The molecule has 3 atom stereocenters. The third-order valence-corrected chi connectivity index (χ3v) is 6.75. The number of hydrogen-bond acceptors (Lipinski definition) is 4. The fourth-order valence-corrected chi connectivity index (χ4v) is 5.07. The van der Waals surface area contributed by atoms with Crippen molar-refractivity contribution in [3.05, 3.63) is 29.8 Å². The third-order valence-electron chi connectivity index (χ3n) is 5.25. The van der Waals surface area contributed by atoms with Gasteiger partial charge in [0.25, 0.3) is 0 Å². The van der Waals surface area contributed by atoms with Crippen LogP contribution in [0.4, 0.5) is 0 Å². The molecule has 0 saturated carbocycles. The first-order valence-electron chi connectivity index (χ1n) is 8.25. The summed E-state index contributed by atoms with van der Waals surface area (Å²) in [4.78, 5) is 28.7. The van der Waals surface area contributed by atoms with Crippen LogP contribution >= 0.6 is 11.8 Å². The predicted octanol–water partition coefficient (Wildman–Crippen LogP) is 2.67. The van der Waals surface area contributed by atoms with Crippen LogP contribution in [-0.4, -0.2) is 52.4 Å². The first-order chi connectivity index (χ1) is 11.4. The van der Waals surface area contributed by atoms with Gasteiger partial charge in [-0.15, -0.1) is 11.8 Å². The number of hydrogen-bond donors (Lipinski definition) is 0. The third kappa shape index (κ3) is 2.66. The molecular formula is C18H24N2O3S. The van der Waals surface area contributed by atoms with Gasteiger partial charge in [0.1, 0.15) is 11.8 Å². The number of thioether (sulfide) groups is 1. The van der Waals surface area contributed by atoms with Gasteiger partial charge in [-0.25, -0.2) is 0 Å². The highest BCUT2D eigenvalue weighted by Crippen LogP contribution is 2.47. The number of carbonyl (C=O) groups excluding carboxylic acids is 2. The second-order valence-electron chi connectivity index (χ2n) is 6.63. The Morgan fingerprint density at radius 2 is 2.17 bits per heavy atom. The quantitative estimate of drug-likeness (QED) is 0.839. The van der Waals surface area contributed by atoms with Crippen LogP contribution in [0.5, 0.6) is 5.75 Å². The predicted molar refractivity (Wildman–Crippen MR) is 94.9 cm³/mol. The van der Waals surface area contributed by atoms with Crippen LogP contribution in [0.15, 0.2) is 24.3 Å². The fraction of sp³-hybridized carbons (Fsp3) is 0.556. The summed E-state index contributed by atoms with van der Waals surface area (Å²) in [6.07, 6.45) is 1.37. The van der Waals surface area contributed by atoms with E-state index < -0.39 is 0 Å². The van der Waals surface area contributed by atoms with Crippen LogP contribution in [0.25, 0.3) is 0 Å². The lowest BCUT2D eigenvalue weighted by Gasteiger charge is -2.34. The monoisotopic (exact) mass is 348 g/mol. The lowest BCUT2D eigenvalue weighted by atomic mass is 10.0. The van der Waals surface area contributed by atoms with Gasteiger partial charge in [0, 0.05) is 24.8 Å². The molecule has 0 N–H and O–H groups in total. The van der Waals surface area contributed by atoms with Crippen molar-refractivity contribution >= 4 is 23.6 Å². The number of carbonyl (C=O) groups is 2. The molecule has 2 aliphatic rings. The molecular weight excluding hydrogens is 324 g/mol. The molecule has 1 aromatic rings. The lowest BCUT2D eigenvalue weighted by molar-refractivity contribution is -0.144. The molecule has 2 amide bonds. The van der Waals surface area contributed by atoms with Crippen LogP contribution in [0, 0.1) is 0 Å². The zero-order valence-corrected chi connectivity index (χ0v) is 15.4. The smallest absolute Gasteiger partial charge is 0.246 e. The lowest BCUT2D eigenvalue weighted by Crippen LogP contribution is -2.50. The van der Waals surface area contributed by atoms with E-state index in [1.54, 1.807) is 30.8 Å². The molecule has 0 bridgehead atoms. The van der Waals surface area contributed by atoms with E-state index in [0.717, 1.165) is 17.7 Å². The Morgan fingerprint density at radius 1 is 1.46 bits per heavy atom. The highest BCUT2D eigenvalue weighted by Gasteiger charge is 2.53. The topological polar surface area (TPSA) is 49.9 Å². The van der Waals surface area contributed by atoms with Crippen molar-refractivity contribution < 1.29 is 14.3 Å². The fourth-order valence-electron chi connectivity index (χ4n) is 3.65. The van der Waals surface area contributed by atoms with Gasteiger partial charge >= 0.3 is 0 Å². The molecule has 3 rings (SSSR count). The molecule has 2 heterocycles. The molecule has 2 aliphatic heterocycles. The highest BCUT2D eigenvalue weighted by atomic mass is 32.2. The van der Waals surface area contributed by atoms with Crippen molar-refractivity contribution in [1.82, 2.24) is 9.80 Å². The van der Waals surface area contributed by atoms with Gasteiger partial charge in [-0.05, 0) is 26.3 Å². The summed E-state index contributed by atoms with van der Waals surface area (Å²) in [6, 6.07) is 7.25. The minimum atomic E-state index is -0.364. The summed E-state index contributed by atoms with van der Waals surface area (Å²) in [7, 11) is 3.44. The number of methoxy groups -OCH3 is 1. The molecule has 2 saturated heterocycles. The second-order valence-corrected chi connectivity index (χ2v) is 8.13. The number of para-hydroxylation sites is 1. The zero-order valence-electron chi connectivity index (χ0n) is 14.6. The molecule has 0 spiro atoms. The number of ether oxygens (including phenoxy) is 1. The summed E-state index contributed by atoms with van der Waals surface area (Å²) in [5.74, 6) is 1.54. The highest BCUT2D eigenvalue weighted by molar-refractivity contribution is 8.01. The summed E-state index contributed by atoms with van der Waals surface area (Å²) in [5, 5.41) is 0. The van der Waals surface area contributed by atoms with Crippen molar-refractivity contribution in [2.75, 3.05) is 19.9 Å². The van der Waals surface area contributed by atoms with E-state index in [9.17, 15) is 9.59 Å². The van der Waals surface area contributed by atoms with Crippen molar-refractivity contribution in [1.29, 1.82) is 0 Å². The van der Waals surface area contributed by atoms with E-state index in [1.807, 2.05) is 36.1 Å². The van der Waals surface area contributed by atoms with Gasteiger partial charge in [0.15, 0.2) is 0 Å². The molecule has 0 aliphatic carbocycles. The molecule has 3 unspecified atom stereocenters. The Bertz CT molecular complexity index is 665. The normalized spacial score (nSPS) is 27.1. The number of amides is 2. The van der Waals surface area contributed by atoms with E-state index >= 15 is 0 Å². The van der Waals surface area contributed by atoms with Gasteiger partial charge in [-0.1, -0.05) is 18.2 Å². The van der Waals surface area contributed by atoms with Gasteiger partial charge in [0.2, 0.25) is 11.8 Å². The number of likely N-dealkylation sites (N-methyl/N-ethyl adjacent to an activating group) is 1. The van der Waals surface area contributed by atoms with E-state index in [0.29, 0.717) is 12.2 Å². The Kier molecular flexibility index (Phi) is 4.51. The molecule has 1 aromatic carbocycles. The van der Waals surface area contributed by atoms with Gasteiger partial charge in [0.05, 0.1) is 18.0 Å². The summed E-state index contributed by atoms with van der Waals surface area (Å²) in [6.45, 7) is 4.06. The number of nitrogens with zero attached hydrogens (tertiary/aromatic N) is 2. The largest absolute Gasteiger partial charge is 0.496 e. The van der Waals surface area contributed by atoms with Crippen LogP contribution in [-0.2, 0) is 9.59 Å². The first kappa shape index (κ1) is 17.1. The van der Waals surface area contributed by atoms with Crippen molar-refractivity contribution in [3.63, 3.8) is 0 Å². The Morgan fingerprint density at radius 3 is 2.88 bits per heavy atom. The van der Waals surface area contributed by atoms with E-state index in [4.69, 9.17) is 4.74 Å². The summed E-state index contributed by atoms with van der Waals surface area (Å²) >= 11 is 1.72. The maximum atomic E-state index is 13.1. The Balaban J connectivity index is 1.81. The van der Waals surface area contributed by atoms with E-state index in [2.05, 4.69) is 6.92 Å². The molecule has 0 radical (unpaired) electrons. The van der Waals surface area contributed by atoms with Crippen molar-refractivity contribution in [2.24, 2.45) is 0 Å². The Labute approximate surface area is 147 Å². The number of benzene rings is 1. The molecule has 6 heteroatoms. The SMILES string of the molecule is COc1ccccc1C(C)N(C)C(=O)C1CSC2(C)CCC(=O)N12. The van der Waals surface area contributed by atoms with Gasteiger partial charge in [-0.3, -0.25) is 9.59 Å². The summed E-state index contributed by atoms with van der Waals surface area (Å²) in [5.41, 5.74) is 0.969. The van der Waals surface area contributed by atoms with Gasteiger partial charge < -0.3 is 14.5 Å². The van der Waals surface area contributed by atoms with Crippen LogP contribution in [0.3, 0.4) is 0 Å². The molecule has 130 valence electrons. The van der Waals surface area contributed by atoms with Gasteiger partial charge in [-0.2, -0.15) is 0 Å². The first-order valence-corrected chi connectivity index (χ1v) is 9.23. The minimum absolute atomic E-state index is 0.000110. The van der Waals surface area contributed by atoms with Crippen LogP contribution in [0.2, 0.25) is 0 Å². The Hall–Kier alpha value is -1.69. The van der Waals surface area contributed by atoms with E-state index in [-0.39, 0.29) is 28.8 Å². The summed E-state index contributed by atoms with van der Waals surface area (Å²) < 4.78 is 5.42. The van der Waals surface area contributed by atoms with Crippen molar-refractivity contribution in [3.8, 4) is 5.75 Å². The molecule has 5 nitrogen and oxygen atoms in total. The maximum absolute atomic E-state index is 13.1. The number of fused-ring (bicyclic) bond motifs is 1. The van der Waals surface area contributed by atoms with E-state index in [1.165, 1.54) is 0 Å². The average Bonchev–Trinajstić information content (AvgIpc) is 3.09. The van der Waals surface area contributed by atoms with Crippen LogP contribution in [0.1, 0.15) is 38.3 Å². The molecule has 24 heavy (non-hydrogen) atoms. The molecule has 0 aromatic heterocycles. The zero-order chi connectivity index (χ0) is 17.5. The van der Waals surface area contributed by atoms with Crippen LogP contribution < -0.4 is 4.74 Å². The number of rotatable bonds is 4. The second kappa shape index (κ2) is 6.31. The molecule has 2 fully saturated rings. The minimum Gasteiger partial charge on any atom is -0.496 e. The van der Waals surface area contributed by atoms with Crippen molar-refractivity contribution in [2.45, 2.75) is 43.6 Å².